The highest BCUT2D eigenvalue weighted by molar-refractivity contribution is 8.13. The molecule has 0 aliphatic heterocycles. The highest BCUT2D eigenvalue weighted by atomic mass is 32.2. The minimum atomic E-state index is -2.46. The van der Waals surface area contributed by atoms with Crippen LogP contribution >= 0.6 is 11.8 Å². The van der Waals surface area contributed by atoms with Gasteiger partial charge in [-0.2, -0.15) is 0 Å². The standard InChI is InChI=1S/C54H60F3N3O12S/c1-5-20-69-49(66)58-19-11-10-16-43(60-50(67)71-28-38-36-14-8-6-12-34(36)35-13-7-9-15-37(35)38)46(63)59-30-68-26-32-22-44(70-27-32)47(64)72-54(48(65)73-29-55)31(2)21-39-40-24-42(56)41-23-33(61)17-18-51(41,3)53(40,57)45(62)25-52(39,54)4/h5-9,12-15,17-18,22-23,27,31,38-40,42-43,45,62H,1,10-11,16,19-21,24-26,28-30H2,2-4H3,(H,58,66)(H,59,63)(H,60,67)/t31-,39+,40+,42+,43+,45+,51+,52+,53+,54+/m1/s1. The van der Waals surface area contributed by atoms with Crippen LogP contribution in [0, 0.1) is 28.6 Å². The maximum atomic E-state index is 17.9. The summed E-state index contributed by atoms with van der Waals surface area (Å²) in [5, 5.41) is 18.9. The normalized spacial score (nSPS) is 29.0. The van der Waals surface area contributed by atoms with E-state index in [4.69, 9.17) is 23.4 Å². The number of unbranched alkanes of at least 4 members (excludes halogenated alkanes) is 1. The molecule has 10 atom stereocenters. The number of alkyl halides is 3. The predicted octanol–water partition coefficient (Wildman–Crippen LogP) is 8.51. The van der Waals surface area contributed by atoms with E-state index in [2.05, 4.69) is 22.5 Å². The predicted molar refractivity (Wildman–Crippen MR) is 262 cm³/mol. The second kappa shape index (κ2) is 21.7. The van der Waals surface area contributed by atoms with Gasteiger partial charge in [0, 0.05) is 40.7 Å². The number of amides is 3. The van der Waals surface area contributed by atoms with Crippen molar-refractivity contribution in [2.45, 2.75) is 101 Å². The third-order valence-electron chi connectivity index (χ3n) is 15.9. The summed E-state index contributed by atoms with van der Waals surface area (Å²) >= 11 is 0.282. The molecule has 2 aromatic carbocycles. The van der Waals surface area contributed by atoms with Gasteiger partial charge in [0.1, 0.15) is 38.2 Å². The Kier molecular flexibility index (Phi) is 15.8. The molecule has 1 aromatic heterocycles. The van der Waals surface area contributed by atoms with Crippen LogP contribution in [-0.4, -0.2) is 102 Å². The Morgan fingerprint density at radius 1 is 0.986 bits per heavy atom. The molecule has 73 heavy (non-hydrogen) atoms. The Morgan fingerprint density at radius 3 is 2.40 bits per heavy atom. The summed E-state index contributed by atoms with van der Waals surface area (Å²) in [6, 6.07) is 14.8. The molecule has 4 N–H and O–H groups in total. The lowest BCUT2D eigenvalue weighted by molar-refractivity contribution is -0.221. The Bertz CT molecular complexity index is 2650. The molecule has 3 amide bonds. The van der Waals surface area contributed by atoms with Crippen molar-refractivity contribution in [3.05, 3.63) is 120 Å². The molecular weight excluding hydrogens is 972 g/mol. The number of hydrogen-bond donors (Lipinski definition) is 4. The highest BCUT2D eigenvalue weighted by Crippen LogP contribution is 2.72. The summed E-state index contributed by atoms with van der Waals surface area (Å²) in [6.07, 6.45) is 1.50. The molecular formula is C54H60F3N3O12S. The van der Waals surface area contributed by atoms with Crippen LogP contribution in [0.25, 0.3) is 11.1 Å². The van der Waals surface area contributed by atoms with Gasteiger partial charge in [0.05, 0.1) is 19.0 Å². The van der Waals surface area contributed by atoms with Crippen LogP contribution in [0.1, 0.15) is 92.5 Å². The number of ether oxygens (including phenoxy) is 4. The Balaban J connectivity index is 0.898. The molecule has 390 valence electrons. The molecule has 0 spiro atoms. The fourth-order valence-electron chi connectivity index (χ4n) is 12.4. The number of thioether (sulfide) groups is 1. The van der Waals surface area contributed by atoms with Gasteiger partial charge in [0.2, 0.25) is 16.8 Å². The number of esters is 1. The quantitative estimate of drug-likeness (QED) is 0.0292. The summed E-state index contributed by atoms with van der Waals surface area (Å²) in [4.78, 5) is 79.3. The average molecular weight is 1030 g/mol. The number of ketones is 1. The van der Waals surface area contributed by atoms with Crippen LogP contribution in [0.2, 0.25) is 0 Å². The lowest BCUT2D eigenvalue weighted by Crippen LogP contribution is -2.70. The molecule has 0 unspecified atom stereocenters. The van der Waals surface area contributed by atoms with Gasteiger partial charge >= 0.3 is 18.2 Å². The number of carbonyl (C=O) groups is 6. The Hall–Kier alpha value is -6.18. The summed E-state index contributed by atoms with van der Waals surface area (Å²) in [7, 11) is 0. The lowest BCUT2D eigenvalue weighted by atomic mass is 9.44. The second-order valence-corrected chi connectivity index (χ2v) is 20.7. The largest absolute Gasteiger partial charge is 0.457 e. The first-order valence-electron chi connectivity index (χ1n) is 24.4. The van der Waals surface area contributed by atoms with Gasteiger partial charge in [0.25, 0.3) is 0 Å². The first-order chi connectivity index (χ1) is 34.9. The number of halogens is 3. The van der Waals surface area contributed by atoms with Gasteiger partial charge in [-0.15, -0.1) is 0 Å². The van der Waals surface area contributed by atoms with Crippen LogP contribution in [0.3, 0.4) is 0 Å². The van der Waals surface area contributed by atoms with Gasteiger partial charge in [-0.3, -0.25) is 14.4 Å². The van der Waals surface area contributed by atoms with Crippen LogP contribution in [0.4, 0.5) is 22.8 Å². The van der Waals surface area contributed by atoms with Crippen LogP contribution in [0.5, 0.6) is 0 Å². The van der Waals surface area contributed by atoms with Crippen molar-refractivity contribution in [1.29, 1.82) is 0 Å². The van der Waals surface area contributed by atoms with Crippen LogP contribution in [0.15, 0.2) is 102 Å². The zero-order chi connectivity index (χ0) is 52.3. The second-order valence-electron chi connectivity index (χ2n) is 19.8. The van der Waals surface area contributed by atoms with Crippen molar-refractivity contribution >= 4 is 46.7 Å². The maximum absolute atomic E-state index is 17.9. The minimum absolute atomic E-state index is 0.0201. The molecule has 5 aliphatic rings. The number of benzene rings is 2. The van der Waals surface area contributed by atoms with E-state index in [0.29, 0.717) is 18.4 Å². The monoisotopic (exact) mass is 1030 g/mol. The molecule has 3 saturated carbocycles. The fourth-order valence-corrected chi connectivity index (χ4v) is 13.2. The Labute approximate surface area is 425 Å². The van der Waals surface area contributed by atoms with Crippen LogP contribution in [-0.2, 0) is 39.9 Å². The first-order valence-corrected chi connectivity index (χ1v) is 25.4. The summed E-state index contributed by atoms with van der Waals surface area (Å²) in [5.74, 6) is -5.60. The van der Waals surface area contributed by atoms with Crippen molar-refractivity contribution in [3.8, 4) is 11.1 Å². The number of nitrogens with one attached hydrogen (secondary N) is 3. The Morgan fingerprint density at radius 2 is 1.70 bits per heavy atom. The molecule has 19 heteroatoms. The van der Waals surface area contributed by atoms with Gasteiger partial charge in [-0.05, 0) is 109 Å². The molecule has 8 rings (SSSR count). The smallest absolute Gasteiger partial charge is 0.407 e. The molecule has 1 heterocycles. The molecule has 0 bridgehead atoms. The number of aliphatic hydroxyl groups excluding tert-OH is 1. The SMILES string of the molecule is C=CCOC(=O)NCCCC[C@H](NC(=O)OCC1c2ccccc2-c2ccccc21)C(=O)NCOCc1coc(C(=O)O[C@]2(C(=O)SCF)[C@H](C)C[C@H]3[C@@H]4C[C@H](F)C5=CC(=O)C=C[C@]5(C)[C@@]4(F)[C@@H](O)C[C@@]32C)c1. The summed E-state index contributed by atoms with van der Waals surface area (Å²) < 4.78 is 76.1. The van der Waals surface area contributed by atoms with E-state index in [-0.39, 0.29) is 75.0 Å². The number of furan rings is 1. The average Bonchev–Trinajstić information content (AvgIpc) is 4.04. The van der Waals surface area contributed by atoms with E-state index < -0.39 is 112 Å². The number of allylic oxidation sites excluding steroid dienone is 4. The number of rotatable bonds is 19. The number of carbonyl (C=O) groups excluding carboxylic acids is 6. The number of fused-ring (bicyclic) bond motifs is 8. The zero-order valence-electron chi connectivity index (χ0n) is 40.8. The maximum Gasteiger partial charge on any atom is 0.407 e. The van der Waals surface area contributed by atoms with E-state index in [1.54, 1.807) is 13.8 Å². The molecule has 0 saturated heterocycles. The van der Waals surface area contributed by atoms with Crippen molar-refractivity contribution in [2.24, 2.45) is 28.6 Å². The third-order valence-corrected chi connectivity index (χ3v) is 16.5. The summed E-state index contributed by atoms with van der Waals surface area (Å²) in [5.41, 5.74) is -3.36. The van der Waals surface area contributed by atoms with E-state index in [1.165, 1.54) is 31.4 Å². The van der Waals surface area contributed by atoms with E-state index in [0.717, 1.165) is 34.4 Å². The molecule has 3 aromatic rings. The van der Waals surface area contributed by atoms with Gasteiger partial charge < -0.3 is 44.4 Å². The van der Waals surface area contributed by atoms with Crippen molar-refractivity contribution in [1.82, 2.24) is 16.0 Å². The number of aliphatic hydroxyl groups is 1. The number of alkyl carbamates (subject to hydrolysis) is 2. The van der Waals surface area contributed by atoms with Crippen LogP contribution < -0.4 is 16.0 Å². The topological polar surface area (TPSA) is 209 Å². The molecule has 0 radical (unpaired) electrons. The lowest BCUT2D eigenvalue weighted by Gasteiger charge is -2.63. The number of hydrogen-bond acceptors (Lipinski definition) is 13. The van der Waals surface area contributed by atoms with Crippen molar-refractivity contribution in [3.63, 3.8) is 0 Å². The van der Waals surface area contributed by atoms with Gasteiger partial charge in [0.15, 0.2) is 17.1 Å². The molecule has 15 nitrogen and oxygen atoms in total. The first kappa shape index (κ1) is 53.1. The van der Waals surface area contributed by atoms with Crippen molar-refractivity contribution < 1.29 is 70.4 Å². The van der Waals surface area contributed by atoms with E-state index >= 15 is 8.78 Å². The van der Waals surface area contributed by atoms with E-state index in [9.17, 15) is 38.3 Å². The van der Waals surface area contributed by atoms with Gasteiger partial charge in [-0.25, -0.2) is 27.6 Å². The third kappa shape index (κ3) is 9.75. The van der Waals surface area contributed by atoms with E-state index in [1.807, 2.05) is 48.5 Å². The van der Waals surface area contributed by atoms with Gasteiger partial charge in [-0.1, -0.05) is 81.1 Å². The summed E-state index contributed by atoms with van der Waals surface area (Å²) in [6.45, 7) is 7.94. The highest BCUT2D eigenvalue weighted by Gasteiger charge is 2.78. The molecule has 5 aliphatic carbocycles. The molecule has 3 fully saturated rings. The van der Waals surface area contributed by atoms with Crippen molar-refractivity contribution in [2.75, 3.05) is 32.5 Å². The minimum Gasteiger partial charge on any atom is -0.457 e. The zero-order valence-corrected chi connectivity index (χ0v) is 41.6. The fraction of sp³-hybridized carbons (Fsp3) is 0.481.